The number of carbonyl (C=O) groups is 1. The summed E-state index contributed by atoms with van der Waals surface area (Å²) in [5, 5.41) is 5.99. The molecule has 1 aromatic carbocycles. The molecule has 0 atom stereocenters. The summed E-state index contributed by atoms with van der Waals surface area (Å²) in [4.78, 5) is 14.6. The molecule has 1 saturated heterocycles. The summed E-state index contributed by atoms with van der Waals surface area (Å²) in [5.41, 5.74) is 0.846. The molecule has 1 saturated carbocycles. The first-order chi connectivity index (χ1) is 10.3. The summed E-state index contributed by atoms with van der Waals surface area (Å²) < 4.78 is 0. The number of hydrogen-bond acceptors (Lipinski definition) is 2. The van der Waals surface area contributed by atoms with E-state index in [0.717, 1.165) is 37.7 Å². The summed E-state index contributed by atoms with van der Waals surface area (Å²) in [5.74, 6) is 0. The normalized spacial score (nSPS) is 21.3. The quantitative estimate of drug-likeness (QED) is 0.896. The Kier molecular flexibility index (Phi) is 4.76. The SMILES string of the molecule is O=C(Nc1ccccc1)NC1CCN(C2CCCC2)CC1. The van der Waals surface area contributed by atoms with Crippen molar-refractivity contribution in [2.24, 2.45) is 0 Å². The smallest absolute Gasteiger partial charge is 0.319 e. The van der Waals surface area contributed by atoms with Crippen molar-refractivity contribution in [2.45, 2.75) is 50.6 Å². The summed E-state index contributed by atoms with van der Waals surface area (Å²) in [7, 11) is 0. The molecule has 114 valence electrons. The first-order valence-corrected chi connectivity index (χ1v) is 8.18. The summed E-state index contributed by atoms with van der Waals surface area (Å²) in [6.07, 6.45) is 7.65. The molecule has 1 aliphatic carbocycles. The van der Waals surface area contributed by atoms with Crippen LogP contribution in [0, 0.1) is 0 Å². The minimum Gasteiger partial charge on any atom is -0.335 e. The molecule has 0 spiro atoms. The molecule has 3 rings (SSSR count). The zero-order valence-corrected chi connectivity index (χ0v) is 12.6. The van der Waals surface area contributed by atoms with Gasteiger partial charge in [0.1, 0.15) is 0 Å². The van der Waals surface area contributed by atoms with Crippen LogP contribution in [0.25, 0.3) is 0 Å². The van der Waals surface area contributed by atoms with Crippen molar-refractivity contribution in [3.05, 3.63) is 30.3 Å². The highest BCUT2D eigenvalue weighted by atomic mass is 16.2. The highest BCUT2D eigenvalue weighted by Gasteiger charge is 2.27. The van der Waals surface area contributed by atoms with Crippen LogP contribution in [0.4, 0.5) is 10.5 Å². The van der Waals surface area contributed by atoms with E-state index in [4.69, 9.17) is 0 Å². The van der Waals surface area contributed by atoms with Gasteiger partial charge in [0.2, 0.25) is 0 Å². The third-order valence-electron chi connectivity index (χ3n) is 4.74. The predicted molar refractivity (Wildman–Crippen MR) is 85.4 cm³/mol. The lowest BCUT2D eigenvalue weighted by atomic mass is 10.0. The maximum Gasteiger partial charge on any atom is 0.319 e. The van der Waals surface area contributed by atoms with Crippen molar-refractivity contribution < 1.29 is 4.79 Å². The molecule has 0 radical (unpaired) electrons. The van der Waals surface area contributed by atoms with Gasteiger partial charge in [0.05, 0.1) is 0 Å². The van der Waals surface area contributed by atoms with Crippen molar-refractivity contribution >= 4 is 11.7 Å². The van der Waals surface area contributed by atoms with E-state index in [2.05, 4.69) is 15.5 Å². The van der Waals surface area contributed by atoms with Gasteiger partial charge in [-0.2, -0.15) is 0 Å². The lowest BCUT2D eigenvalue weighted by Crippen LogP contribution is -2.48. The second-order valence-electron chi connectivity index (χ2n) is 6.21. The van der Waals surface area contributed by atoms with Gasteiger partial charge in [0.15, 0.2) is 0 Å². The van der Waals surface area contributed by atoms with Crippen LogP contribution in [0.3, 0.4) is 0 Å². The number of nitrogens with one attached hydrogen (secondary N) is 2. The van der Waals surface area contributed by atoms with E-state index in [1.807, 2.05) is 30.3 Å². The molecule has 2 N–H and O–H groups in total. The van der Waals surface area contributed by atoms with Crippen molar-refractivity contribution in [3.8, 4) is 0 Å². The maximum atomic E-state index is 12.0. The molecule has 0 unspecified atom stereocenters. The number of anilines is 1. The van der Waals surface area contributed by atoms with E-state index in [1.165, 1.54) is 25.7 Å². The lowest BCUT2D eigenvalue weighted by molar-refractivity contribution is 0.147. The van der Waals surface area contributed by atoms with E-state index in [-0.39, 0.29) is 6.03 Å². The first-order valence-electron chi connectivity index (χ1n) is 8.18. The van der Waals surface area contributed by atoms with Crippen LogP contribution in [0.1, 0.15) is 38.5 Å². The summed E-state index contributed by atoms with van der Waals surface area (Å²) in [6, 6.07) is 10.6. The van der Waals surface area contributed by atoms with Gasteiger partial charge in [-0.05, 0) is 37.8 Å². The van der Waals surface area contributed by atoms with E-state index in [0.29, 0.717) is 6.04 Å². The molecule has 0 bridgehead atoms. The largest absolute Gasteiger partial charge is 0.335 e. The van der Waals surface area contributed by atoms with Crippen LogP contribution >= 0.6 is 0 Å². The number of hydrogen-bond donors (Lipinski definition) is 2. The average Bonchev–Trinajstić information content (AvgIpc) is 3.03. The molecule has 2 fully saturated rings. The Balaban J connectivity index is 1.41. The van der Waals surface area contributed by atoms with Crippen LogP contribution in [-0.2, 0) is 0 Å². The number of urea groups is 1. The summed E-state index contributed by atoms with van der Waals surface area (Å²) in [6.45, 7) is 2.25. The number of carbonyl (C=O) groups excluding carboxylic acids is 1. The standard InChI is InChI=1S/C17H25N3O/c21-17(18-14-6-2-1-3-7-14)19-15-10-12-20(13-11-15)16-8-4-5-9-16/h1-3,6-7,15-16H,4-5,8-13H2,(H2,18,19,21). The molecule has 1 heterocycles. The molecule has 4 heteroatoms. The third kappa shape index (κ3) is 3.97. The second-order valence-corrected chi connectivity index (χ2v) is 6.21. The summed E-state index contributed by atoms with van der Waals surface area (Å²) >= 11 is 0. The molecule has 2 amide bonds. The van der Waals surface area contributed by atoms with Crippen LogP contribution in [0.15, 0.2) is 30.3 Å². The fourth-order valence-corrected chi connectivity index (χ4v) is 3.55. The Morgan fingerprint density at radius 1 is 1.00 bits per heavy atom. The van der Waals surface area contributed by atoms with Gasteiger partial charge in [0, 0.05) is 30.9 Å². The highest BCUT2D eigenvalue weighted by Crippen LogP contribution is 2.26. The highest BCUT2D eigenvalue weighted by molar-refractivity contribution is 5.89. The van der Waals surface area contributed by atoms with Crippen LogP contribution in [-0.4, -0.2) is 36.1 Å². The Labute approximate surface area is 126 Å². The zero-order chi connectivity index (χ0) is 14.5. The molecule has 2 aliphatic rings. The molecule has 1 aliphatic heterocycles. The van der Waals surface area contributed by atoms with Crippen molar-refractivity contribution in [1.29, 1.82) is 0 Å². The van der Waals surface area contributed by atoms with Gasteiger partial charge in [-0.15, -0.1) is 0 Å². The number of likely N-dealkylation sites (tertiary alicyclic amines) is 1. The van der Waals surface area contributed by atoms with E-state index < -0.39 is 0 Å². The molecular formula is C17H25N3O. The molecular weight excluding hydrogens is 262 g/mol. The Morgan fingerprint density at radius 2 is 1.67 bits per heavy atom. The number of rotatable bonds is 3. The fraction of sp³-hybridized carbons (Fsp3) is 0.588. The van der Waals surface area contributed by atoms with Crippen LogP contribution in [0.2, 0.25) is 0 Å². The minimum absolute atomic E-state index is 0.0829. The van der Waals surface area contributed by atoms with Gasteiger partial charge >= 0.3 is 6.03 Å². The van der Waals surface area contributed by atoms with E-state index in [9.17, 15) is 4.79 Å². The topological polar surface area (TPSA) is 44.4 Å². The number of benzene rings is 1. The maximum absolute atomic E-state index is 12.0. The molecule has 4 nitrogen and oxygen atoms in total. The Bertz CT molecular complexity index is 448. The molecule has 1 aromatic rings. The number of piperidine rings is 1. The molecule has 21 heavy (non-hydrogen) atoms. The second kappa shape index (κ2) is 6.94. The number of para-hydroxylation sites is 1. The van der Waals surface area contributed by atoms with Gasteiger partial charge < -0.3 is 15.5 Å². The van der Waals surface area contributed by atoms with Crippen LogP contribution in [0.5, 0.6) is 0 Å². The van der Waals surface area contributed by atoms with Crippen molar-refractivity contribution in [3.63, 3.8) is 0 Å². The third-order valence-corrected chi connectivity index (χ3v) is 4.74. The number of amides is 2. The van der Waals surface area contributed by atoms with E-state index >= 15 is 0 Å². The van der Waals surface area contributed by atoms with Gasteiger partial charge in [0.25, 0.3) is 0 Å². The van der Waals surface area contributed by atoms with Crippen molar-refractivity contribution in [1.82, 2.24) is 10.2 Å². The predicted octanol–water partition coefficient (Wildman–Crippen LogP) is 3.22. The zero-order valence-electron chi connectivity index (χ0n) is 12.6. The number of nitrogens with zero attached hydrogens (tertiary/aromatic N) is 1. The molecule has 0 aromatic heterocycles. The average molecular weight is 287 g/mol. The monoisotopic (exact) mass is 287 g/mol. The first kappa shape index (κ1) is 14.4. The van der Waals surface area contributed by atoms with Gasteiger partial charge in [-0.1, -0.05) is 31.0 Å². The fourth-order valence-electron chi connectivity index (χ4n) is 3.55. The van der Waals surface area contributed by atoms with Gasteiger partial charge in [-0.25, -0.2) is 4.79 Å². The minimum atomic E-state index is -0.0829. The van der Waals surface area contributed by atoms with Crippen molar-refractivity contribution in [2.75, 3.05) is 18.4 Å². The Hall–Kier alpha value is -1.55. The Morgan fingerprint density at radius 3 is 2.33 bits per heavy atom. The lowest BCUT2D eigenvalue weighted by Gasteiger charge is -2.36. The van der Waals surface area contributed by atoms with Crippen LogP contribution < -0.4 is 10.6 Å². The van der Waals surface area contributed by atoms with E-state index in [1.54, 1.807) is 0 Å². The van der Waals surface area contributed by atoms with Gasteiger partial charge in [-0.3, -0.25) is 0 Å².